The van der Waals surface area contributed by atoms with Crippen molar-refractivity contribution in [2.24, 2.45) is 0 Å². The molecular weight excluding hydrogens is 342 g/mol. The van der Waals surface area contributed by atoms with Gasteiger partial charge in [0.2, 0.25) is 0 Å². The van der Waals surface area contributed by atoms with Gasteiger partial charge in [0, 0.05) is 17.5 Å². The van der Waals surface area contributed by atoms with E-state index in [1.807, 2.05) is 0 Å². The van der Waals surface area contributed by atoms with E-state index in [1.54, 1.807) is 6.07 Å². The molecule has 2 rings (SSSR count). The van der Waals surface area contributed by atoms with Crippen LogP contribution >= 0.6 is 39.1 Å². The monoisotopic (exact) mass is 347 g/mol. The lowest BCUT2D eigenvalue weighted by atomic mass is 10.0. The number of halogens is 4. The van der Waals surface area contributed by atoms with Gasteiger partial charge in [-0.25, -0.2) is 4.39 Å². The second-order valence-electron chi connectivity index (χ2n) is 3.68. The Morgan fingerprint density at radius 1 is 1.22 bits per heavy atom. The third-order valence-electron chi connectivity index (χ3n) is 2.44. The number of aromatic hydroxyl groups is 1. The quantitative estimate of drug-likeness (QED) is 0.758. The number of benzene rings is 2. The topological polar surface area (TPSA) is 20.2 Å². The number of hydrogen-bond donors (Lipinski definition) is 1. The second kappa shape index (κ2) is 5.47. The summed E-state index contributed by atoms with van der Waals surface area (Å²) in [4.78, 5) is 0. The number of hydrogen-bond acceptors (Lipinski definition) is 1. The molecule has 0 spiro atoms. The lowest BCUT2D eigenvalue weighted by Crippen LogP contribution is -1.94. The molecule has 0 fully saturated rings. The van der Waals surface area contributed by atoms with Crippen LogP contribution in [0.1, 0.15) is 11.1 Å². The Balaban J connectivity index is 2.39. The van der Waals surface area contributed by atoms with Crippen molar-refractivity contribution in [3.8, 4) is 5.75 Å². The highest BCUT2D eigenvalue weighted by molar-refractivity contribution is 9.10. The standard InChI is InChI=1S/C13H7BrCl2FO/c14-9-6-7(1-4-12(9)18)5-8-10(15)2-3-11(17)13(8)16/h1-4,18H,5H2. The molecular formula is C13H7BrCl2FO. The van der Waals surface area contributed by atoms with Crippen LogP contribution in [0.5, 0.6) is 5.75 Å². The number of phenols is 1. The first kappa shape index (κ1) is 13.7. The van der Waals surface area contributed by atoms with Gasteiger partial charge in [-0.3, -0.25) is 0 Å². The summed E-state index contributed by atoms with van der Waals surface area (Å²) in [5.41, 5.74) is 1.25. The number of rotatable bonds is 2. The van der Waals surface area contributed by atoms with Crippen molar-refractivity contribution < 1.29 is 9.50 Å². The van der Waals surface area contributed by atoms with Gasteiger partial charge < -0.3 is 5.11 Å². The first-order valence-corrected chi connectivity index (χ1v) is 6.56. The maximum absolute atomic E-state index is 13.4. The third-order valence-corrected chi connectivity index (χ3v) is 3.81. The van der Waals surface area contributed by atoms with E-state index >= 15 is 0 Å². The minimum atomic E-state index is -0.506. The van der Waals surface area contributed by atoms with Crippen LogP contribution in [-0.2, 0) is 6.42 Å². The normalized spacial score (nSPS) is 10.7. The molecule has 0 heterocycles. The highest BCUT2D eigenvalue weighted by atomic mass is 79.9. The highest BCUT2D eigenvalue weighted by Gasteiger charge is 2.12. The van der Waals surface area contributed by atoms with E-state index in [2.05, 4.69) is 22.0 Å². The van der Waals surface area contributed by atoms with E-state index in [0.717, 1.165) is 5.56 Å². The maximum Gasteiger partial charge on any atom is 0.142 e. The summed E-state index contributed by atoms with van der Waals surface area (Å²) >= 11 is 15.0. The van der Waals surface area contributed by atoms with Gasteiger partial charge in [0.15, 0.2) is 0 Å². The Hall–Kier alpha value is -0.770. The Morgan fingerprint density at radius 2 is 1.94 bits per heavy atom. The molecule has 2 aromatic rings. The minimum Gasteiger partial charge on any atom is -0.507 e. The molecule has 0 saturated carbocycles. The summed E-state index contributed by atoms with van der Waals surface area (Å²) in [7, 11) is 0. The molecule has 93 valence electrons. The number of phenolic OH excluding ortho intramolecular Hbond substituents is 1. The van der Waals surface area contributed by atoms with E-state index in [1.165, 1.54) is 18.2 Å². The smallest absolute Gasteiger partial charge is 0.142 e. The average molecular weight is 349 g/mol. The van der Waals surface area contributed by atoms with Crippen LogP contribution in [0.4, 0.5) is 4.39 Å². The first-order valence-electron chi connectivity index (χ1n) is 5.01. The van der Waals surface area contributed by atoms with Gasteiger partial charge in [-0.05, 0) is 45.3 Å². The Labute approximate surface area is 122 Å². The maximum atomic E-state index is 13.4. The zero-order valence-electron chi connectivity index (χ0n) is 8.98. The molecule has 1 radical (unpaired) electrons. The van der Waals surface area contributed by atoms with Crippen LogP contribution < -0.4 is 0 Å². The molecule has 0 unspecified atom stereocenters. The van der Waals surface area contributed by atoms with Crippen LogP contribution in [0.3, 0.4) is 0 Å². The van der Waals surface area contributed by atoms with Crippen LogP contribution in [0.25, 0.3) is 0 Å². The fraction of sp³-hybridized carbons (Fsp3) is 0.0769. The Kier molecular flexibility index (Phi) is 4.15. The van der Waals surface area contributed by atoms with E-state index in [0.29, 0.717) is 21.5 Å². The van der Waals surface area contributed by atoms with E-state index in [9.17, 15) is 9.50 Å². The summed E-state index contributed by atoms with van der Waals surface area (Å²) in [6.07, 6.45) is 0.342. The fourth-order valence-electron chi connectivity index (χ4n) is 1.52. The van der Waals surface area contributed by atoms with Crippen LogP contribution in [0, 0.1) is 11.9 Å². The molecule has 18 heavy (non-hydrogen) atoms. The molecule has 0 aliphatic carbocycles. The van der Waals surface area contributed by atoms with Crippen LogP contribution in [0.2, 0.25) is 10.0 Å². The zero-order chi connectivity index (χ0) is 13.3. The van der Waals surface area contributed by atoms with Crippen LogP contribution in [-0.4, -0.2) is 5.11 Å². The van der Waals surface area contributed by atoms with Crippen molar-refractivity contribution in [2.75, 3.05) is 0 Å². The van der Waals surface area contributed by atoms with Gasteiger partial charge in [0.05, 0.1) is 9.50 Å². The zero-order valence-corrected chi connectivity index (χ0v) is 12.1. The SMILES string of the molecule is Oc1ccc(Cc2c(Cl)ccc(F)c2Cl)[c]c1Br. The lowest BCUT2D eigenvalue weighted by Gasteiger charge is -2.08. The summed E-state index contributed by atoms with van der Waals surface area (Å²) in [5.74, 6) is -0.413. The third kappa shape index (κ3) is 2.79. The fourth-order valence-corrected chi connectivity index (χ4v) is 2.42. The van der Waals surface area contributed by atoms with Crippen molar-refractivity contribution in [3.05, 3.63) is 61.8 Å². The molecule has 0 amide bonds. The van der Waals surface area contributed by atoms with Gasteiger partial charge in [-0.15, -0.1) is 0 Å². The predicted octanol–water partition coefficient (Wildman–Crippen LogP) is 4.99. The van der Waals surface area contributed by atoms with Gasteiger partial charge in [-0.2, -0.15) is 0 Å². The molecule has 0 bridgehead atoms. The highest BCUT2D eigenvalue weighted by Crippen LogP contribution is 2.31. The minimum absolute atomic E-state index is 0.0140. The summed E-state index contributed by atoms with van der Waals surface area (Å²) in [5, 5.41) is 9.79. The largest absolute Gasteiger partial charge is 0.507 e. The van der Waals surface area contributed by atoms with Crippen molar-refractivity contribution in [2.45, 2.75) is 6.42 Å². The van der Waals surface area contributed by atoms with Crippen molar-refractivity contribution >= 4 is 39.1 Å². The Morgan fingerprint density at radius 3 is 2.61 bits per heavy atom. The van der Waals surface area contributed by atoms with E-state index in [-0.39, 0.29) is 10.8 Å². The molecule has 0 aliphatic heterocycles. The molecule has 0 aromatic heterocycles. The van der Waals surface area contributed by atoms with Crippen molar-refractivity contribution in [1.82, 2.24) is 0 Å². The van der Waals surface area contributed by atoms with Gasteiger partial charge >= 0.3 is 0 Å². The molecule has 0 saturated heterocycles. The average Bonchev–Trinajstić information content (AvgIpc) is 2.34. The van der Waals surface area contributed by atoms with Gasteiger partial charge in [0.25, 0.3) is 0 Å². The summed E-state index contributed by atoms with van der Waals surface area (Å²) in [6.45, 7) is 0. The molecule has 0 atom stereocenters. The second-order valence-corrected chi connectivity index (χ2v) is 5.26. The molecule has 1 N–H and O–H groups in total. The molecule has 1 nitrogen and oxygen atoms in total. The Bertz CT molecular complexity index is 602. The van der Waals surface area contributed by atoms with Gasteiger partial charge in [0.1, 0.15) is 11.6 Å². The summed E-state index contributed by atoms with van der Waals surface area (Å²) in [6, 6.07) is 8.82. The van der Waals surface area contributed by atoms with E-state index < -0.39 is 5.82 Å². The first-order chi connectivity index (χ1) is 8.49. The predicted molar refractivity (Wildman–Crippen MR) is 73.9 cm³/mol. The van der Waals surface area contributed by atoms with E-state index in [4.69, 9.17) is 23.2 Å². The molecule has 5 heteroatoms. The molecule has 2 aromatic carbocycles. The lowest BCUT2D eigenvalue weighted by molar-refractivity contribution is 0.471. The van der Waals surface area contributed by atoms with Crippen molar-refractivity contribution in [3.63, 3.8) is 0 Å². The summed E-state index contributed by atoms with van der Waals surface area (Å²) < 4.78 is 13.8. The van der Waals surface area contributed by atoms with Crippen molar-refractivity contribution in [1.29, 1.82) is 0 Å². The van der Waals surface area contributed by atoms with Gasteiger partial charge in [-0.1, -0.05) is 29.3 Å². The molecule has 0 aliphatic rings. The van der Waals surface area contributed by atoms with Crippen LogP contribution in [0.15, 0.2) is 28.7 Å².